The number of thiazole rings is 1. The third-order valence-electron chi connectivity index (χ3n) is 2.65. The molecule has 1 atom stereocenters. The van der Waals surface area contributed by atoms with Crippen LogP contribution in [-0.2, 0) is 0 Å². The fourth-order valence-corrected chi connectivity index (χ4v) is 2.35. The largest absolute Gasteiger partial charge is 0.382 e. The first kappa shape index (κ1) is 11.3. The van der Waals surface area contributed by atoms with Crippen LogP contribution in [0.4, 0.5) is 0 Å². The maximum atomic E-state index is 10.3. The van der Waals surface area contributed by atoms with Crippen LogP contribution in [-0.4, -0.2) is 10.1 Å². The van der Waals surface area contributed by atoms with Gasteiger partial charge in [0.1, 0.15) is 6.10 Å². The number of aliphatic hydroxyl groups is 1. The Morgan fingerprint density at radius 3 is 2.62 bits per heavy atom. The molecule has 0 aliphatic heterocycles. The summed E-state index contributed by atoms with van der Waals surface area (Å²) in [6, 6.07) is 6.11. The lowest BCUT2D eigenvalue weighted by molar-refractivity contribution is 0.215. The number of aromatic nitrogens is 1. The Bertz CT molecular complexity index is 504. The molecule has 1 aromatic carbocycles. The zero-order valence-corrected chi connectivity index (χ0v) is 10.5. The van der Waals surface area contributed by atoms with E-state index in [4.69, 9.17) is 0 Å². The van der Waals surface area contributed by atoms with Gasteiger partial charge in [-0.05, 0) is 31.9 Å². The minimum absolute atomic E-state index is 0.607. The maximum absolute atomic E-state index is 10.3. The average Bonchev–Trinajstić information content (AvgIpc) is 2.67. The monoisotopic (exact) mass is 233 g/mol. The Morgan fingerprint density at radius 2 is 2.00 bits per heavy atom. The van der Waals surface area contributed by atoms with Crippen LogP contribution in [0.15, 0.2) is 23.6 Å². The molecule has 1 heterocycles. The van der Waals surface area contributed by atoms with Gasteiger partial charge in [-0.1, -0.05) is 23.8 Å². The molecule has 2 aromatic rings. The molecule has 1 unspecified atom stereocenters. The Hall–Kier alpha value is -1.19. The zero-order valence-electron chi connectivity index (χ0n) is 9.69. The third kappa shape index (κ3) is 2.15. The molecule has 0 aliphatic carbocycles. The second-order valence-corrected chi connectivity index (χ2v) is 5.12. The summed E-state index contributed by atoms with van der Waals surface area (Å²) in [6.45, 7) is 5.99. The average molecular weight is 233 g/mol. The second kappa shape index (κ2) is 4.36. The van der Waals surface area contributed by atoms with Crippen molar-refractivity contribution in [3.63, 3.8) is 0 Å². The smallest absolute Gasteiger partial charge is 0.122 e. The van der Waals surface area contributed by atoms with Crippen molar-refractivity contribution >= 4 is 11.3 Å². The molecule has 3 heteroatoms. The second-order valence-electron chi connectivity index (χ2n) is 4.05. The van der Waals surface area contributed by atoms with E-state index in [1.54, 1.807) is 11.3 Å². The minimum Gasteiger partial charge on any atom is -0.382 e. The number of aryl methyl sites for hydroxylation is 3. The highest BCUT2D eigenvalue weighted by atomic mass is 32.1. The van der Waals surface area contributed by atoms with Crippen molar-refractivity contribution in [1.82, 2.24) is 4.98 Å². The number of nitrogens with zero attached hydrogens (tertiary/aromatic N) is 1. The SMILES string of the molecule is Cc1ccc(C)c(C(O)c2csc(C)n2)c1. The van der Waals surface area contributed by atoms with Crippen LogP contribution < -0.4 is 0 Å². The van der Waals surface area contributed by atoms with Crippen LogP contribution in [0, 0.1) is 20.8 Å². The highest BCUT2D eigenvalue weighted by Gasteiger charge is 2.15. The van der Waals surface area contributed by atoms with Gasteiger partial charge in [-0.3, -0.25) is 0 Å². The van der Waals surface area contributed by atoms with E-state index >= 15 is 0 Å². The van der Waals surface area contributed by atoms with Gasteiger partial charge >= 0.3 is 0 Å². The van der Waals surface area contributed by atoms with E-state index in [0.29, 0.717) is 0 Å². The quantitative estimate of drug-likeness (QED) is 0.864. The molecule has 0 spiro atoms. The molecule has 84 valence electrons. The van der Waals surface area contributed by atoms with Gasteiger partial charge in [-0.2, -0.15) is 0 Å². The van der Waals surface area contributed by atoms with E-state index in [1.807, 2.05) is 38.3 Å². The van der Waals surface area contributed by atoms with Gasteiger partial charge in [0.25, 0.3) is 0 Å². The Balaban J connectivity index is 2.40. The molecule has 0 saturated carbocycles. The minimum atomic E-state index is -0.607. The van der Waals surface area contributed by atoms with E-state index in [0.717, 1.165) is 27.4 Å². The summed E-state index contributed by atoms with van der Waals surface area (Å²) in [6.07, 6.45) is -0.607. The molecule has 0 bridgehead atoms. The van der Waals surface area contributed by atoms with E-state index in [-0.39, 0.29) is 0 Å². The first-order valence-corrected chi connectivity index (χ1v) is 6.13. The third-order valence-corrected chi connectivity index (χ3v) is 3.44. The van der Waals surface area contributed by atoms with Crippen LogP contribution in [0.5, 0.6) is 0 Å². The van der Waals surface area contributed by atoms with Crippen LogP contribution in [0.25, 0.3) is 0 Å². The standard InChI is InChI=1S/C13H15NOS/c1-8-4-5-9(2)11(6-8)13(15)12-7-16-10(3)14-12/h4-7,13,15H,1-3H3. The number of hydrogen-bond acceptors (Lipinski definition) is 3. The summed E-state index contributed by atoms with van der Waals surface area (Å²) >= 11 is 1.57. The molecule has 0 radical (unpaired) electrons. The molecular weight excluding hydrogens is 218 g/mol. The fourth-order valence-electron chi connectivity index (χ4n) is 1.72. The number of hydrogen-bond donors (Lipinski definition) is 1. The Labute approximate surface area is 99.6 Å². The molecule has 2 nitrogen and oxygen atoms in total. The molecule has 0 aliphatic rings. The predicted octanol–water partition coefficient (Wildman–Crippen LogP) is 3.15. The molecule has 1 aromatic heterocycles. The summed E-state index contributed by atoms with van der Waals surface area (Å²) in [7, 11) is 0. The summed E-state index contributed by atoms with van der Waals surface area (Å²) < 4.78 is 0. The van der Waals surface area contributed by atoms with E-state index in [2.05, 4.69) is 11.1 Å². The summed E-state index contributed by atoms with van der Waals surface area (Å²) in [5.41, 5.74) is 3.96. The van der Waals surface area contributed by atoms with E-state index < -0.39 is 6.10 Å². The highest BCUT2D eigenvalue weighted by molar-refractivity contribution is 7.09. The van der Waals surface area contributed by atoms with Gasteiger partial charge in [0.15, 0.2) is 0 Å². The van der Waals surface area contributed by atoms with Crippen molar-refractivity contribution in [2.24, 2.45) is 0 Å². The van der Waals surface area contributed by atoms with Crippen LogP contribution >= 0.6 is 11.3 Å². The van der Waals surface area contributed by atoms with Gasteiger partial charge < -0.3 is 5.11 Å². The van der Waals surface area contributed by atoms with Crippen LogP contribution in [0.3, 0.4) is 0 Å². The Kier molecular flexibility index (Phi) is 3.08. The first-order chi connectivity index (χ1) is 7.58. The summed E-state index contributed by atoms with van der Waals surface area (Å²) in [4.78, 5) is 4.33. The van der Waals surface area contributed by atoms with Gasteiger partial charge in [0.05, 0.1) is 10.7 Å². The zero-order chi connectivity index (χ0) is 11.7. The molecular formula is C13H15NOS. The molecule has 16 heavy (non-hydrogen) atoms. The lowest BCUT2D eigenvalue weighted by Gasteiger charge is -2.12. The van der Waals surface area contributed by atoms with Gasteiger partial charge in [0.2, 0.25) is 0 Å². The Morgan fingerprint density at radius 1 is 1.25 bits per heavy atom. The van der Waals surface area contributed by atoms with Crippen molar-refractivity contribution in [2.45, 2.75) is 26.9 Å². The summed E-state index contributed by atoms with van der Waals surface area (Å²) in [5.74, 6) is 0. The number of aliphatic hydroxyl groups excluding tert-OH is 1. The number of rotatable bonds is 2. The number of benzene rings is 1. The topological polar surface area (TPSA) is 33.1 Å². The van der Waals surface area contributed by atoms with Gasteiger partial charge in [-0.25, -0.2) is 4.98 Å². The maximum Gasteiger partial charge on any atom is 0.122 e. The molecule has 1 N–H and O–H groups in total. The summed E-state index contributed by atoms with van der Waals surface area (Å²) in [5, 5.41) is 13.2. The van der Waals surface area contributed by atoms with Crippen molar-refractivity contribution in [2.75, 3.05) is 0 Å². The lowest BCUT2D eigenvalue weighted by Crippen LogP contribution is -2.02. The van der Waals surface area contributed by atoms with Crippen molar-refractivity contribution in [3.05, 3.63) is 51.0 Å². The van der Waals surface area contributed by atoms with E-state index in [1.165, 1.54) is 0 Å². The van der Waals surface area contributed by atoms with Crippen molar-refractivity contribution in [3.8, 4) is 0 Å². The van der Waals surface area contributed by atoms with Crippen molar-refractivity contribution in [1.29, 1.82) is 0 Å². The van der Waals surface area contributed by atoms with Crippen molar-refractivity contribution < 1.29 is 5.11 Å². The molecule has 2 rings (SSSR count). The van der Waals surface area contributed by atoms with Gasteiger partial charge in [0, 0.05) is 5.38 Å². The normalized spacial score (nSPS) is 12.8. The lowest BCUT2D eigenvalue weighted by atomic mass is 9.99. The van der Waals surface area contributed by atoms with Crippen LogP contribution in [0.1, 0.15) is 33.5 Å². The predicted molar refractivity (Wildman–Crippen MR) is 66.8 cm³/mol. The van der Waals surface area contributed by atoms with Crippen LogP contribution in [0.2, 0.25) is 0 Å². The molecule has 0 fully saturated rings. The fraction of sp³-hybridized carbons (Fsp3) is 0.308. The van der Waals surface area contributed by atoms with Gasteiger partial charge in [-0.15, -0.1) is 11.3 Å². The first-order valence-electron chi connectivity index (χ1n) is 5.25. The van der Waals surface area contributed by atoms with E-state index in [9.17, 15) is 5.11 Å². The molecule has 0 saturated heterocycles. The molecule has 0 amide bonds. The highest BCUT2D eigenvalue weighted by Crippen LogP contribution is 2.26.